The minimum atomic E-state index is -4.56. The zero-order valence-corrected chi connectivity index (χ0v) is 10.3. The fraction of sp³-hybridized carbons (Fsp3) is 0.417. The smallest absolute Gasteiger partial charge is 0.330 e. The SMILES string of the molecule is CCN(CC(F)(F)F)C(=O)c1ccc(C(F)(F)F)cc1. The first-order valence-corrected chi connectivity index (χ1v) is 5.58. The Bertz CT molecular complexity index is 462. The molecule has 0 heterocycles. The van der Waals surface area contributed by atoms with E-state index in [4.69, 9.17) is 0 Å². The predicted octanol–water partition coefficient (Wildman–Crippen LogP) is 3.73. The average molecular weight is 299 g/mol. The average Bonchev–Trinajstić information content (AvgIpc) is 2.33. The second kappa shape index (κ2) is 5.72. The van der Waals surface area contributed by atoms with Crippen LogP contribution in [0.1, 0.15) is 22.8 Å². The van der Waals surface area contributed by atoms with E-state index in [0.29, 0.717) is 17.0 Å². The highest BCUT2D eigenvalue weighted by molar-refractivity contribution is 5.94. The van der Waals surface area contributed by atoms with Crippen molar-refractivity contribution in [2.24, 2.45) is 0 Å². The van der Waals surface area contributed by atoms with Gasteiger partial charge in [0, 0.05) is 12.1 Å². The first kappa shape index (κ1) is 16.3. The van der Waals surface area contributed by atoms with Crippen LogP contribution < -0.4 is 0 Å². The van der Waals surface area contributed by atoms with Crippen LogP contribution in [0.5, 0.6) is 0 Å². The summed E-state index contributed by atoms with van der Waals surface area (Å²) in [5.74, 6) is -0.960. The zero-order chi connectivity index (χ0) is 15.6. The summed E-state index contributed by atoms with van der Waals surface area (Å²) in [4.78, 5) is 12.3. The Balaban J connectivity index is 2.91. The van der Waals surface area contributed by atoms with Crippen LogP contribution in [0.4, 0.5) is 26.3 Å². The molecule has 0 aromatic heterocycles. The number of nitrogens with zero attached hydrogens (tertiary/aromatic N) is 1. The topological polar surface area (TPSA) is 20.3 Å². The number of carbonyl (C=O) groups is 1. The lowest BCUT2D eigenvalue weighted by molar-refractivity contribution is -0.140. The number of benzene rings is 1. The molecule has 0 spiro atoms. The number of carbonyl (C=O) groups excluding carboxylic acids is 1. The zero-order valence-electron chi connectivity index (χ0n) is 10.3. The minimum absolute atomic E-state index is 0.195. The Morgan fingerprint density at radius 2 is 1.55 bits per heavy atom. The van der Waals surface area contributed by atoms with E-state index >= 15 is 0 Å². The van der Waals surface area contributed by atoms with Gasteiger partial charge in [-0.25, -0.2) is 0 Å². The second-order valence-electron chi connectivity index (χ2n) is 4.01. The van der Waals surface area contributed by atoms with Gasteiger partial charge in [0.25, 0.3) is 5.91 Å². The van der Waals surface area contributed by atoms with Crippen molar-refractivity contribution in [1.82, 2.24) is 4.90 Å². The standard InChI is InChI=1S/C12H11F6NO/c1-2-19(7-11(13,14)15)10(20)8-3-5-9(6-4-8)12(16,17)18/h3-6H,2,7H2,1H3. The second-order valence-corrected chi connectivity index (χ2v) is 4.01. The van der Waals surface area contributed by atoms with Gasteiger partial charge < -0.3 is 4.90 Å². The van der Waals surface area contributed by atoms with Gasteiger partial charge in [0.1, 0.15) is 6.54 Å². The van der Waals surface area contributed by atoms with E-state index in [1.54, 1.807) is 0 Å². The van der Waals surface area contributed by atoms with Crippen molar-refractivity contribution < 1.29 is 31.1 Å². The number of hydrogen-bond acceptors (Lipinski definition) is 1. The molecule has 8 heteroatoms. The van der Waals surface area contributed by atoms with Gasteiger partial charge in [0.15, 0.2) is 0 Å². The molecule has 0 aliphatic heterocycles. The van der Waals surface area contributed by atoms with Crippen LogP contribution in [-0.4, -0.2) is 30.1 Å². The molecule has 20 heavy (non-hydrogen) atoms. The number of rotatable bonds is 3. The summed E-state index contributed by atoms with van der Waals surface area (Å²) in [6, 6.07) is 3.05. The van der Waals surface area contributed by atoms with Crippen molar-refractivity contribution in [2.45, 2.75) is 19.3 Å². The van der Waals surface area contributed by atoms with Crippen LogP contribution in [-0.2, 0) is 6.18 Å². The molecule has 1 rings (SSSR count). The molecule has 0 unspecified atom stereocenters. The number of amides is 1. The highest BCUT2D eigenvalue weighted by Gasteiger charge is 2.33. The monoisotopic (exact) mass is 299 g/mol. The number of alkyl halides is 6. The molecule has 0 N–H and O–H groups in total. The van der Waals surface area contributed by atoms with Gasteiger partial charge in [-0.1, -0.05) is 0 Å². The first-order valence-electron chi connectivity index (χ1n) is 5.58. The van der Waals surface area contributed by atoms with Crippen molar-refractivity contribution in [2.75, 3.05) is 13.1 Å². The van der Waals surface area contributed by atoms with E-state index in [1.165, 1.54) is 6.92 Å². The fourth-order valence-corrected chi connectivity index (χ4v) is 1.53. The van der Waals surface area contributed by atoms with Crippen molar-refractivity contribution in [3.05, 3.63) is 35.4 Å². The highest BCUT2D eigenvalue weighted by atomic mass is 19.4. The summed E-state index contributed by atoms with van der Waals surface area (Å²) in [7, 11) is 0. The van der Waals surface area contributed by atoms with E-state index in [1.807, 2.05) is 0 Å². The fourth-order valence-electron chi connectivity index (χ4n) is 1.53. The van der Waals surface area contributed by atoms with E-state index in [-0.39, 0.29) is 12.1 Å². The molecular formula is C12H11F6NO. The Morgan fingerprint density at radius 3 is 1.90 bits per heavy atom. The molecule has 0 bridgehead atoms. The molecule has 2 nitrogen and oxygen atoms in total. The van der Waals surface area contributed by atoms with Crippen LogP contribution >= 0.6 is 0 Å². The van der Waals surface area contributed by atoms with Gasteiger partial charge in [-0.15, -0.1) is 0 Å². The highest BCUT2D eigenvalue weighted by Crippen LogP contribution is 2.29. The summed E-state index contributed by atoms with van der Waals surface area (Å²) in [6.45, 7) is -0.281. The largest absolute Gasteiger partial charge is 0.416 e. The first-order chi connectivity index (χ1) is 9.04. The lowest BCUT2D eigenvalue weighted by atomic mass is 10.1. The molecule has 112 valence electrons. The van der Waals surface area contributed by atoms with Gasteiger partial charge in [-0.2, -0.15) is 26.3 Å². The van der Waals surface area contributed by atoms with Crippen molar-refractivity contribution in [3.8, 4) is 0 Å². The van der Waals surface area contributed by atoms with E-state index in [2.05, 4.69) is 0 Å². The van der Waals surface area contributed by atoms with Crippen molar-refractivity contribution in [1.29, 1.82) is 0 Å². The number of hydrogen-bond donors (Lipinski definition) is 0. The summed E-state index contributed by atoms with van der Waals surface area (Å²) in [5, 5.41) is 0. The van der Waals surface area contributed by atoms with Crippen LogP contribution in [0, 0.1) is 0 Å². The third kappa shape index (κ3) is 4.43. The lowest BCUT2D eigenvalue weighted by Gasteiger charge is -2.22. The molecule has 0 saturated heterocycles. The molecule has 0 fully saturated rings. The Morgan fingerprint density at radius 1 is 1.05 bits per heavy atom. The maximum absolute atomic E-state index is 12.3. The molecule has 1 aromatic carbocycles. The molecule has 0 aliphatic rings. The van der Waals surface area contributed by atoms with E-state index in [0.717, 1.165) is 12.1 Å². The molecule has 0 saturated carbocycles. The molecule has 0 radical (unpaired) electrons. The van der Waals surface area contributed by atoms with Gasteiger partial charge >= 0.3 is 12.4 Å². The Hall–Kier alpha value is -1.73. The molecular weight excluding hydrogens is 288 g/mol. The molecule has 1 aromatic rings. The maximum atomic E-state index is 12.3. The Labute approximate surface area is 111 Å². The minimum Gasteiger partial charge on any atom is -0.330 e. The quantitative estimate of drug-likeness (QED) is 0.779. The summed E-state index contributed by atoms with van der Waals surface area (Å²) < 4.78 is 73.7. The Kier molecular flexibility index (Phi) is 4.67. The van der Waals surface area contributed by atoms with Gasteiger partial charge in [0.2, 0.25) is 0 Å². The molecule has 0 atom stereocenters. The van der Waals surface area contributed by atoms with Crippen LogP contribution in [0.3, 0.4) is 0 Å². The summed E-state index contributed by atoms with van der Waals surface area (Å²) in [6.07, 6.45) is -9.12. The van der Waals surface area contributed by atoms with Gasteiger partial charge in [-0.3, -0.25) is 4.79 Å². The predicted molar refractivity (Wildman–Crippen MR) is 59.1 cm³/mol. The summed E-state index contributed by atoms with van der Waals surface area (Å²) in [5.41, 5.74) is -1.18. The summed E-state index contributed by atoms with van der Waals surface area (Å²) >= 11 is 0. The van der Waals surface area contributed by atoms with Crippen molar-refractivity contribution in [3.63, 3.8) is 0 Å². The van der Waals surface area contributed by atoms with E-state index < -0.39 is 30.4 Å². The van der Waals surface area contributed by atoms with Gasteiger partial charge in [-0.05, 0) is 31.2 Å². The maximum Gasteiger partial charge on any atom is 0.416 e. The third-order valence-electron chi connectivity index (χ3n) is 2.50. The van der Waals surface area contributed by atoms with Crippen molar-refractivity contribution >= 4 is 5.91 Å². The van der Waals surface area contributed by atoms with Crippen LogP contribution in [0.15, 0.2) is 24.3 Å². The normalized spacial score (nSPS) is 12.3. The van der Waals surface area contributed by atoms with E-state index in [9.17, 15) is 31.1 Å². The van der Waals surface area contributed by atoms with Crippen LogP contribution in [0.2, 0.25) is 0 Å². The number of halogens is 6. The lowest BCUT2D eigenvalue weighted by Crippen LogP contribution is -2.38. The van der Waals surface area contributed by atoms with Gasteiger partial charge in [0.05, 0.1) is 5.56 Å². The molecule has 1 amide bonds. The third-order valence-corrected chi connectivity index (χ3v) is 2.50. The van der Waals surface area contributed by atoms with Crippen LogP contribution in [0.25, 0.3) is 0 Å². The molecule has 0 aliphatic carbocycles.